The number of hydrogen-bond donors (Lipinski definition) is 2. The number of hydrogen-bond acceptors (Lipinski definition) is 4. The monoisotopic (exact) mass is 276 g/mol. The van der Waals surface area contributed by atoms with Crippen LogP contribution in [0.1, 0.15) is 42.2 Å². The summed E-state index contributed by atoms with van der Waals surface area (Å²) in [5, 5.41) is 4.46. The third-order valence-electron chi connectivity index (χ3n) is 3.94. The Labute approximate surface area is 120 Å². The Kier molecular flexibility index (Phi) is 4.57. The molecule has 0 aromatic carbocycles. The summed E-state index contributed by atoms with van der Waals surface area (Å²) >= 11 is 0. The van der Waals surface area contributed by atoms with Crippen LogP contribution in [0.15, 0.2) is 12.4 Å². The Morgan fingerprint density at radius 1 is 1.40 bits per heavy atom. The normalized spacial score (nSPS) is 12.8. The number of nitrogens with zero attached hydrogens (tertiary/aromatic N) is 4. The van der Waals surface area contributed by atoms with Gasteiger partial charge in [-0.25, -0.2) is 10.4 Å². The molecule has 2 rings (SSSR count). The van der Waals surface area contributed by atoms with Crippen LogP contribution in [0.3, 0.4) is 0 Å². The van der Waals surface area contributed by atoms with Crippen LogP contribution >= 0.6 is 0 Å². The highest BCUT2D eigenvalue weighted by molar-refractivity contribution is 5.24. The van der Waals surface area contributed by atoms with E-state index in [2.05, 4.69) is 40.8 Å². The van der Waals surface area contributed by atoms with E-state index < -0.39 is 0 Å². The molecule has 1 unspecified atom stereocenters. The van der Waals surface area contributed by atoms with Crippen LogP contribution < -0.4 is 11.3 Å². The predicted octanol–water partition coefficient (Wildman–Crippen LogP) is 1.39. The van der Waals surface area contributed by atoms with Crippen LogP contribution in [0.25, 0.3) is 0 Å². The summed E-state index contributed by atoms with van der Waals surface area (Å²) in [6, 6.07) is 0.0592. The van der Waals surface area contributed by atoms with Gasteiger partial charge >= 0.3 is 0 Å². The fourth-order valence-electron chi connectivity index (χ4n) is 2.65. The van der Waals surface area contributed by atoms with Crippen LogP contribution in [-0.4, -0.2) is 19.3 Å². The molecule has 2 aromatic rings. The second kappa shape index (κ2) is 6.19. The summed E-state index contributed by atoms with van der Waals surface area (Å²) in [7, 11) is 1.98. The largest absolute Gasteiger partial charge is 0.334 e. The average Bonchev–Trinajstić information content (AvgIpc) is 2.99. The third kappa shape index (κ3) is 2.76. The number of aryl methyl sites for hydroxylation is 3. The molecule has 0 radical (unpaired) electrons. The van der Waals surface area contributed by atoms with Crippen molar-refractivity contribution in [3.05, 3.63) is 35.2 Å². The molecule has 6 nitrogen and oxygen atoms in total. The van der Waals surface area contributed by atoms with Crippen molar-refractivity contribution in [2.45, 2.75) is 46.2 Å². The first-order chi connectivity index (χ1) is 9.58. The Bertz CT molecular complexity index is 568. The summed E-state index contributed by atoms with van der Waals surface area (Å²) in [6.45, 7) is 7.17. The standard InChI is InChI=1S/C14H24N6/c1-5-20-9-8-16-14(20)13(17-15)7-6-12-10(2)18-19(4)11(12)3/h8-9,13,17H,5-7,15H2,1-4H3. The summed E-state index contributed by atoms with van der Waals surface area (Å²) < 4.78 is 4.05. The zero-order valence-corrected chi connectivity index (χ0v) is 12.7. The zero-order chi connectivity index (χ0) is 14.7. The van der Waals surface area contributed by atoms with Gasteiger partial charge in [-0.1, -0.05) is 0 Å². The molecule has 0 spiro atoms. The summed E-state index contributed by atoms with van der Waals surface area (Å²) in [5.74, 6) is 6.70. The van der Waals surface area contributed by atoms with Crippen molar-refractivity contribution in [3.63, 3.8) is 0 Å². The van der Waals surface area contributed by atoms with Crippen LogP contribution in [0.4, 0.5) is 0 Å². The van der Waals surface area contributed by atoms with Gasteiger partial charge in [0.15, 0.2) is 0 Å². The van der Waals surface area contributed by atoms with Gasteiger partial charge in [-0.05, 0) is 39.2 Å². The van der Waals surface area contributed by atoms with E-state index in [9.17, 15) is 0 Å². The molecule has 0 aliphatic carbocycles. The molecule has 2 heterocycles. The topological polar surface area (TPSA) is 73.7 Å². The smallest absolute Gasteiger partial charge is 0.127 e. The lowest BCUT2D eigenvalue weighted by Gasteiger charge is -2.16. The first-order valence-electron chi connectivity index (χ1n) is 7.04. The molecule has 2 aromatic heterocycles. The molecule has 20 heavy (non-hydrogen) atoms. The molecule has 0 saturated carbocycles. The van der Waals surface area contributed by atoms with E-state index in [-0.39, 0.29) is 6.04 Å². The van der Waals surface area contributed by atoms with Gasteiger partial charge in [-0.3, -0.25) is 10.5 Å². The minimum Gasteiger partial charge on any atom is -0.334 e. The van der Waals surface area contributed by atoms with E-state index in [1.807, 2.05) is 24.1 Å². The first-order valence-corrected chi connectivity index (χ1v) is 7.04. The zero-order valence-electron chi connectivity index (χ0n) is 12.7. The van der Waals surface area contributed by atoms with Crippen molar-refractivity contribution in [2.24, 2.45) is 12.9 Å². The molecule has 6 heteroatoms. The van der Waals surface area contributed by atoms with Gasteiger partial charge in [0.2, 0.25) is 0 Å². The van der Waals surface area contributed by atoms with Gasteiger partial charge in [-0.2, -0.15) is 5.10 Å². The number of rotatable bonds is 6. The maximum atomic E-state index is 5.71. The number of hydrazine groups is 1. The maximum Gasteiger partial charge on any atom is 0.127 e. The lowest BCUT2D eigenvalue weighted by Crippen LogP contribution is -2.30. The van der Waals surface area contributed by atoms with Crippen molar-refractivity contribution in [1.82, 2.24) is 24.8 Å². The molecule has 0 fully saturated rings. The quantitative estimate of drug-likeness (QED) is 0.617. The molecule has 0 amide bonds. The Morgan fingerprint density at radius 3 is 2.70 bits per heavy atom. The minimum absolute atomic E-state index is 0.0592. The average molecular weight is 276 g/mol. The Hall–Kier alpha value is -1.66. The van der Waals surface area contributed by atoms with Gasteiger partial charge in [0.1, 0.15) is 5.82 Å². The van der Waals surface area contributed by atoms with Gasteiger partial charge in [0.05, 0.1) is 11.7 Å². The van der Waals surface area contributed by atoms with Gasteiger partial charge in [0, 0.05) is 31.7 Å². The van der Waals surface area contributed by atoms with E-state index in [0.29, 0.717) is 0 Å². The van der Waals surface area contributed by atoms with E-state index in [4.69, 9.17) is 5.84 Å². The fraction of sp³-hybridized carbons (Fsp3) is 0.571. The highest BCUT2D eigenvalue weighted by Crippen LogP contribution is 2.20. The second-order valence-electron chi connectivity index (χ2n) is 5.10. The summed E-state index contributed by atoms with van der Waals surface area (Å²) in [5.41, 5.74) is 6.51. The number of imidazole rings is 1. The SMILES string of the molecule is CCn1ccnc1C(CCc1c(C)nn(C)c1C)NN. The van der Waals surface area contributed by atoms with Crippen LogP contribution in [0.5, 0.6) is 0 Å². The highest BCUT2D eigenvalue weighted by atomic mass is 15.3. The summed E-state index contributed by atoms with van der Waals surface area (Å²) in [4.78, 5) is 4.42. The molecule has 110 valence electrons. The minimum atomic E-state index is 0.0592. The van der Waals surface area contributed by atoms with Gasteiger partial charge in [-0.15, -0.1) is 0 Å². The van der Waals surface area contributed by atoms with Crippen molar-refractivity contribution in [2.75, 3.05) is 0 Å². The van der Waals surface area contributed by atoms with E-state index in [0.717, 1.165) is 30.9 Å². The van der Waals surface area contributed by atoms with Crippen LogP contribution in [-0.2, 0) is 20.0 Å². The Morgan fingerprint density at radius 2 is 2.15 bits per heavy atom. The molecule has 3 N–H and O–H groups in total. The highest BCUT2D eigenvalue weighted by Gasteiger charge is 2.17. The molecular weight excluding hydrogens is 252 g/mol. The summed E-state index contributed by atoms with van der Waals surface area (Å²) in [6.07, 6.45) is 5.65. The van der Waals surface area contributed by atoms with E-state index >= 15 is 0 Å². The number of nitrogens with one attached hydrogen (secondary N) is 1. The molecule has 0 saturated heterocycles. The third-order valence-corrected chi connectivity index (χ3v) is 3.94. The molecule has 1 atom stereocenters. The van der Waals surface area contributed by atoms with Crippen molar-refractivity contribution < 1.29 is 0 Å². The van der Waals surface area contributed by atoms with E-state index in [1.165, 1.54) is 11.3 Å². The molecule has 0 aliphatic rings. The van der Waals surface area contributed by atoms with Gasteiger partial charge in [0.25, 0.3) is 0 Å². The second-order valence-corrected chi connectivity index (χ2v) is 5.10. The van der Waals surface area contributed by atoms with Gasteiger partial charge < -0.3 is 4.57 Å². The molecule has 0 aliphatic heterocycles. The first kappa shape index (κ1) is 14.7. The maximum absolute atomic E-state index is 5.71. The van der Waals surface area contributed by atoms with Crippen molar-refractivity contribution >= 4 is 0 Å². The number of aromatic nitrogens is 4. The molecular formula is C14H24N6. The van der Waals surface area contributed by atoms with Crippen molar-refractivity contribution in [1.29, 1.82) is 0 Å². The predicted molar refractivity (Wildman–Crippen MR) is 79.0 cm³/mol. The fourth-order valence-corrected chi connectivity index (χ4v) is 2.65. The lowest BCUT2D eigenvalue weighted by atomic mass is 10.0. The van der Waals surface area contributed by atoms with E-state index in [1.54, 1.807) is 0 Å². The number of nitrogens with two attached hydrogens (primary N) is 1. The van der Waals surface area contributed by atoms with Crippen LogP contribution in [0, 0.1) is 13.8 Å². The van der Waals surface area contributed by atoms with Crippen molar-refractivity contribution in [3.8, 4) is 0 Å². The Balaban J connectivity index is 2.12. The molecule has 0 bridgehead atoms. The lowest BCUT2D eigenvalue weighted by molar-refractivity contribution is 0.468. The van der Waals surface area contributed by atoms with Crippen LogP contribution in [0.2, 0.25) is 0 Å².